The highest BCUT2D eigenvalue weighted by atomic mass is 16.7. The number of esters is 4. The van der Waals surface area contributed by atoms with Crippen molar-refractivity contribution in [3.63, 3.8) is 0 Å². The summed E-state index contributed by atoms with van der Waals surface area (Å²) in [5, 5.41) is 10.3. The van der Waals surface area contributed by atoms with Gasteiger partial charge in [-0.05, 0) is 0 Å². The van der Waals surface area contributed by atoms with Gasteiger partial charge in [-0.2, -0.15) is 0 Å². The third kappa shape index (κ3) is 6.75. The molecule has 5 atom stereocenters. The number of carbonyl (C=O) groups excluding carboxylic acids is 4. The van der Waals surface area contributed by atoms with E-state index in [0.717, 1.165) is 0 Å². The van der Waals surface area contributed by atoms with Crippen LogP contribution < -0.4 is 0 Å². The fourth-order valence-corrected chi connectivity index (χ4v) is 2.41. The van der Waals surface area contributed by atoms with Crippen LogP contribution in [0.3, 0.4) is 0 Å². The summed E-state index contributed by atoms with van der Waals surface area (Å²) in [6.07, 6.45) is -6.62. The third-order valence-electron chi connectivity index (χ3n) is 3.98. The lowest BCUT2D eigenvalue weighted by molar-refractivity contribution is -0.297. The summed E-state index contributed by atoms with van der Waals surface area (Å²) < 4.78 is 26.2. The van der Waals surface area contributed by atoms with E-state index in [1.165, 1.54) is 0 Å². The van der Waals surface area contributed by atoms with Crippen molar-refractivity contribution in [2.45, 2.75) is 84.1 Å². The SMILES string of the molecule is CCC(=O)OC[C@H]1O[C@@H](O)C(OC(=O)CC)[C@@H](OC(=O)CC)[C@H]1OC(=O)CC. The van der Waals surface area contributed by atoms with Crippen molar-refractivity contribution in [3.8, 4) is 0 Å². The van der Waals surface area contributed by atoms with Gasteiger partial charge in [-0.15, -0.1) is 0 Å². The van der Waals surface area contributed by atoms with Crippen LogP contribution in [-0.2, 0) is 42.9 Å². The summed E-state index contributed by atoms with van der Waals surface area (Å²) in [6, 6.07) is 0. The molecule has 0 radical (unpaired) electrons. The Bertz CT molecular complexity index is 561. The maximum Gasteiger partial charge on any atom is 0.306 e. The van der Waals surface area contributed by atoms with Gasteiger partial charge in [0.15, 0.2) is 24.6 Å². The Morgan fingerprint density at radius 1 is 0.714 bits per heavy atom. The molecule has 160 valence electrons. The van der Waals surface area contributed by atoms with Crippen LogP contribution in [0.15, 0.2) is 0 Å². The number of rotatable bonds is 9. The first-order valence-corrected chi connectivity index (χ1v) is 9.34. The van der Waals surface area contributed by atoms with Crippen LogP contribution in [0.2, 0.25) is 0 Å². The van der Waals surface area contributed by atoms with E-state index >= 15 is 0 Å². The molecule has 0 amide bonds. The Hall–Kier alpha value is -2.20. The molecule has 1 saturated heterocycles. The van der Waals surface area contributed by atoms with Crippen molar-refractivity contribution in [1.82, 2.24) is 0 Å². The van der Waals surface area contributed by atoms with Gasteiger partial charge in [0, 0.05) is 25.7 Å². The van der Waals surface area contributed by atoms with E-state index in [4.69, 9.17) is 23.7 Å². The molecule has 0 aromatic heterocycles. The molecule has 1 heterocycles. The van der Waals surface area contributed by atoms with Gasteiger partial charge in [-0.25, -0.2) is 0 Å². The Balaban J connectivity index is 3.17. The molecule has 10 nitrogen and oxygen atoms in total. The summed E-state index contributed by atoms with van der Waals surface area (Å²) in [6.45, 7) is 5.92. The lowest BCUT2D eigenvalue weighted by atomic mass is 9.98. The van der Waals surface area contributed by atoms with Crippen LogP contribution in [0, 0.1) is 0 Å². The van der Waals surface area contributed by atoms with Gasteiger partial charge >= 0.3 is 23.9 Å². The largest absolute Gasteiger partial charge is 0.463 e. The number of aliphatic hydroxyl groups is 1. The topological polar surface area (TPSA) is 135 Å². The minimum absolute atomic E-state index is 0.00578. The van der Waals surface area contributed by atoms with E-state index < -0.39 is 54.6 Å². The normalized spacial score (nSPS) is 26.8. The van der Waals surface area contributed by atoms with Gasteiger partial charge in [-0.3, -0.25) is 19.2 Å². The predicted molar refractivity (Wildman–Crippen MR) is 92.6 cm³/mol. The van der Waals surface area contributed by atoms with Gasteiger partial charge in [0.05, 0.1) is 0 Å². The zero-order valence-corrected chi connectivity index (χ0v) is 16.5. The van der Waals surface area contributed by atoms with Crippen LogP contribution >= 0.6 is 0 Å². The average molecular weight is 404 g/mol. The number of hydrogen-bond donors (Lipinski definition) is 1. The lowest BCUT2D eigenvalue weighted by Gasteiger charge is -2.42. The van der Waals surface area contributed by atoms with Crippen molar-refractivity contribution >= 4 is 23.9 Å². The number of hydrogen-bond acceptors (Lipinski definition) is 10. The van der Waals surface area contributed by atoms with E-state index in [-0.39, 0.29) is 32.3 Å². The first-order valence-electron chi connectivity index (χ1n) is 9.34. The summed E-state index contributed by atoms with van der Waals surface area (Å²) in [7, 11) is 0. The van der Waals surface area contributed by atoms with Gasteiger partial charge < -0.3 is 28.8 Å². The van der Waals surface area contributed by atoms with Crippen LogP contribution in [0.25, 0.3) is 0 Å². The monoisotopic (exact) mass is 404 g/mol. The maximum atomic E-state index is 11.9. The van der Waals surface area contributed by atoms with E-state index in [0.29, 0.717) is 0 Å². The molecule has 0 bridgehead atoms. The van der Waals surface area contributed by atoms with Crippen molar-refractivity contribution in [1.29, 1.82) is 0 Å². The van der Waals surface area contributed by atoms with Crippen LogP contribution in [-0.4, -0.2) is 66.3 Å². The summed E-state index contributed by atoms with van der Waals surface area (Å²) in [5.74, 6) is -2.48. The Morgan fingerprint density at radius 3 is 1.61 bits per heavy atom. The lowest BCUT2D eigenvalue weighted by Crippen LogP contribution is -2.62. The Kier molecular flexibility index (Phi) is 9.88. The Morgan fingerprint density at radius 2 is 1.14 bits per heavy atom. The van der Waals surface area contributed by atoms with Crippen LogP contribution in [0.1, 0.15) is 53.4 Å². The molecule has 1 N–H and O–H groups in total. The van der Waals surface area contributed by atoms with Gasteiger partial charge in [0.1, 0.15) is 12.7 Å². The zero-order chi connectivity index (χ0) is 21.3. The first kappa shape index (κ1) is 23.8. The van der Waals surface area contributed by atoms with E-state index in [1.54, 1.807) is 27.7 Å². The summed E-state index contributed by atoms with van der Waals surface area (Å²) in [4.78, 5) is 47.0. The molecule has 1 aliphatic heterocycles. The number of carbonyl (C=O) groups is 4. The van der Waals surface area contributed by atoms with Crippen molar-refractivity contribution in [2.24, 2.45) is 0 Å². The molecule has 28 heavy (non-hydrogen) atoms. The highest BCUT2D eigenvalue weighted by molar-refractivity contribution is 5.71. The molecule has 0 spiro atoms. The van der Waals surface area contributed by atoms with Crippen LogP contribution in [0.4, 0.5) is 0 Å². The minimum Gasteiger partial charge on any atom is -0.463 e. The van der Waals surface area contributed by atoms with E-state index in [1.807, 2.05) is 0 Å². The molecule has 1 aliphatic rings. The molecular formula is C18H28O10. The van der Waals surface area contributed by atoms with Gasteiger partial charge in [-0.1, -0.05) is 27.7 Å². The molecule has 0 saturated carbocycles. The molecule has 1 rings (SSSR count). The average Bonchev–Trinajstić information content (AvgIpc) is 2.69. The van der Waals surface area contributed by atoms with Crippen LogP contribution in [0.5, 0.6) is 0 Å². The van der Waals surface area contributed by atoms with E-state index in [2.05, 4.69) is 0 Å². The molecule has 0 aromatic rings. The van der Waals surface area contributed by atoms with E-state index in [9.17, 15) is 24.3 Å². The second kappa shape index (κ2) is 11.6. The van der Waals surface area contributed by atoms with Gasteiger partial charge in [0.25, 0.3) is 0 Å². The molecular weight excluding hydrogens is 376 g/mol. The number of aliphatic hydroxyl groups excluding tert-OH is 1. The maximum absolute atomic E-state index is 11.9. The molecule has 10 heteroatoms. The highest BCUT2D eigenvalue weighted by Crippen LogP contribution is 2.28. The standard InChI is InChI=1S/C18H28O10/c1-5-11(19)24-9-10-15(26-12(20)6-2)16(27-13(21)7-3)17(18(23)25-10)28-14(22)8-4/h10,15-18,23H,5-9H2,1-4H3/t10-,15+,16+,17?,18-/m1/s1. The first-order chi connectivity index (χ1) is 13.3. The predicted octanol–water partition coefficient (Wildman–Crippen LogP) is 0.622. The van der Waals surface area contributed by atoms with Gasteiger partial charge in [0.2, 0.25) is 0 Å². The smallest absolute Gasteiger partial charge is 0.306 e. The highest BCUT2D eigenvalue weighted by Gasteiger charge is 2.52. The molecule has 0 aromatic carbocycles. The summed E-state index contributed by atoms with van der Waals surface area (Å²) >= 11 is 0. The third-order valence-corrected chi connectivity index (χ3v) is 3.98. The fraction of sp³-hybridized carbons (Fsp3) is 0.778. The second-order valence-electron chi connectivity index (χ2n) is 6.03. The molecule has 1 unspecified atom stereocenters. The summed E-state index contributed by atoms with van der Waals surface area (Å²) in [5.41, 5.74) is 0. The van der Waals surface area contributed by atoms with Crippen molar-refractivity contribution in [2.75, 3.05) is 6.61 Å². The zero-order valence-electron chi connectivity index (χ0n) is 16.5. The fourth-order valence-electron chi connectivity index (χ4n) is 2.41. The van der Waals surface area contributed by atoms with Crippen molar-refractivity contribution < 1.29 is 48.0 Å². The molecule has 1 fully saturated rings. The molecule has 0 aliphatic carbocycles. The second-order valence-corrected chi connectivity index (χ2v) is 6.03. The Labute approximate surface area is 163 Å². The minimum atomic E-state index is -1.67. The van der Waals surface area contributed by atoms with Crippen molar-refractivity contribution in [3.05, 3.63) is 0 Å². The quantitative estimate of drug-likeness (QED) is 0.430. The number of ether oxygens (including phenoxy) is 5.